The van der Waals surface area contributed by atoms with Gasteiger partial charge in [-0.3, -0.25) is 0 Å². The van der Waals surface area contributed by atoms with Crippen LogP contribution in [-0.2, 0) is 6.54 Å². The highest BCUT2D eigenvalue weighted by Gasteiger charge is 2.04. The van der Waals surface area contributed by atoms with Crippen LogP contribution in [0.15, 0.2) is 23.2 Å². The topological polar surface area (TPSA) is 68.9 Å². The van der Waals surface area contributed by atoms with Crippen LogP contribution < -0.4 is 20.5 Å². The number of benzene rings is 1. The largest absolute Gasteiger partial charge is 0.497 e. The summed E-state index contributed by atoms with van der Waals surface area (Å²) in [7, 11) is 3.26. The van der Waals surface area contributed by atoms with E-state index in [0.717, 1.165) is 36.4 Å². The molecule has 0 saturated heterocycles. The molecule has 0 aliphatic rings. The maximum atomic E-state index is 5.78. The Labute approximate surface area is 114 Å². The second-order valence-electron chi connectivity index (χ2n) is 4.16. The summed E-state index contributed by atoms with van der Waals surface area (Å²) in [5, 5.41) is 3.08. The Balaban J connectivity index is 2.63. The van der Waals surface area contributed by atoms with Crippen LogP contribution in [0.2, 0.25) is 0 Å². The standard InChI is InChI=1S/C14H23N3O2/c1-4-5-8-16-14(15)17-10-11-6-7-12(18-2)9-13(11)19-3/h6-7,9H,4-5,8,10H2,1-3H3,(H3,15,16,17). The number of rotatable bonds is 7. The maximum absolute atomic E-state index is 5.78. The molecule has 5 nitrogen and oxygen atoms in total. The van der Waals surface area contributed by atoms with E-state index in [9.17, 15) is 0 Å². The average molecular weight is 265 g/mol. The predicted octanol–water partition coefficient (Wildman–Crippen LogP) is 1.91. The highest BCUT2D eigenvalue weighted by atomic mass is 16.5. The molecule has 106 valence electrons. The molecule has 19 heavy (non-hydrogen) atoms. The normalized spacial score (nSPS) is 11.2. The van der Waals surface area contributed by atoms with Crippen molar-refractivity contribution in [3.05, 3.63) is 23.8 Å². The zero-order valence-electron chi connectivity index (χ0n) is 11.9. The third kappa shape index (κ3) is 5.07. The van der Waals surface area contributed by atoms with Gasteiger partial charge in [0.05, 0.1) is 20.8 Å². The number of ether oxygens (including phenoxy) is 2. The number of unbranched alkanes of at least 4 members (excludes halogenated alkanes) is 1. The molecule has 3 N–H and O–H groups in total. The van der Waals surface area contributed by atoms with Gasteiger partial charge in [-0.2, -0.15) is 0 Å². The molecule has 0 aliphatic heterocycles. The second-order valence-corrected chi connectivity index (χ2v) is 4.16. The molecule has 1 rings (SSSR count). The minimum Gasteiger partial charge on any atom is -0.497 e. The first-order chi connectivity index (χ1) is 9.21. The molecule has 0 bridgehead atoms. The maximum Gasteiger partial charge on any atom is 0.188 e. The first-order valence-corrected chi connectivity index (χ1v) is 6.46. The molecular weight excluding hydrogens is 242 g/mol. The van der Waals surface area contributed by atoms with E-state index in [0.29, 0.717) is 12.5 Å². The molecule has 5 heteroatoms. The van der Waals surface area contributed by atoms with Gasteiger partial charge in [0.2, 0.25) is 0 Å². The summed E-state index contributed by atoms with van der Waals surface area (Å²) < 4.78 is 10.5. The van der Waals surface area contributed by atoms with Gasteiger partial charge in [-0.05, 0) is 18.6 Å². The Morgan fingerprint density at radius 3 is 2.74 bits per heavy atom. The van der Waals surface area contributed by atoms with Gasteiger partial charge in [-0.15, -0.1) is 0 Å². The average Bonchev–Trinajstić information content (AvgIpc) is 2.45. The first-order valence-electron chi connectivity index (χ1n) is 6.46. The third-order valence-corrected chi connectivity index (χ3v) is 2.75. The Bertz CT molecular complexity index is 419. The molecule has 0 unspecified atom stereocenters. The number of aliphatic imine (C=N–C) groups is 1. The monoisotopic (exact) mass is 265 g/mol. The minimum atomic E-state index is 0.464. The summed E-state index contributed by atoms with van der Waals surface area (Å²) in [6, 6.07) is 5.65. The van der Waals surface area contributed by atoms with E-state index < -0.39 is 0 Å². The fraction of sp³-hybridized carbons (Fsp3) is 0.500. The van der Waals surface area contributed by atoms with Gasteiger partial charge in [-0.25, -0.2) is 4.99 Å². The van der Waals surface area contributed by atoms with Crippen molar-refractivity contribution >= 4 is 5.96 Å². The number of nitrogens with one attached hydrogen (secondary N) is 1. The number of hydrogen-bond acceptors (Lipinski definition) is 3. The smallest absolute Gasteiger partial charge is 0.188 e. The van der Waals surface area contributed by atoms with Crippen molar-refractivity contribution in [1.29, 1.82) is 0 Å². The number of guanidine groups is 1. The van der Waals surface area contributed by atoms with Crippen LogP contribution >= 0.6 is 0 Å². The Morgan fingerprint density at radius 2 is 2.11 bits per heavy atom. The van der Waals surface area contributed by atoms with Gasteiger partial charge in [0.1, 0.15) is 11.5 Å². The lowest BCUT2D eigenvalue weighted by molar-refractivity contribution is 0.391. The second kappa shape index (κ2) is 8.24. The summed E-state index contributed by atoms with van der Waals surface area (Å²) in [5.74, 6) is 1.98. The van der Waals surface area contributed by atoms with Gasteiger partial charge in [0.25, 0.3) is 0 Å². The van der Waals surface area contributed by atoms with E-state index in [4.69, 9.17) is 15.2 Å². The zero-order chi connectivity index (χ0) is 14.1. The van der Waals surface area contributed by atoms with E-state index in [1.165, 1.54) is 0 Å². The summed E-state index contributed by atoms with van der Waals surface area (Å²) in [6.45, 7) is 3.47. The fourth-order valence-electron chi connectivity index (χ4n) is 1.60. The van der Waals surface area contributed by atoms with E-state index in [1.807, 2.05) is 18.2 Å². The molecular formula is C14H23N3O2. The predicted molar refractivity (Wildman–Crippen MR) is 77.8 cm³/mol. The van der Waals surface area contributed by atoms with Gasteiger partial charge >= 0.3 is 0 Å². The van der Waals surface area contributed by atoms with E-state index >= 15 is 0 Å². The number of hydrogen-bond donors (Lipinski definition) is 2. The molecule has 0 radical (unpaired) electrons. The quantitative estimate of drug-likeness (QED) is 0.449. The Morgan fingerprint density at radius 1 is 1.32 bits per heavy atom. The number of nitrogens with two attached hydrogens (primary N) is 1. The lowest BCUT2D eigenvalue weighted by Crippen LogP contribution is -2.32. The number of methoxy groups -OCH3 is 2. The van der Waals surface area contributed by atoms with Crippen molar-refractivity contribution in [2.24, 2.45) is 10.7 Å². The summed E-state index contributed by atoms with van der Waals surface area (Å²) in [5.41, 5.74) is 6.76. The Kier molecular flexibility index (Phi) is 6.57. The van der Waals surface area contributed by atoms with Crippen molar-refractivity contribution in [3.8, 4) is 11.5 Å². The molecule has 1 aromatic rings. The first kappa shape index (κ1) is 15.1. The molecule has 0 spiro atoms. The van der Waals surface area contributed by atoms with Crippen LogP contribution in [0.3, 0.4) is 0 Å². The van der Waals surface area contributed by atoms with E-state index in [2.05, 4.69) is 17.2 Å². The van der Waals surface area contributed by atoms with E-state index in [-0.39, 0.29) is 0 Å². The zero-order valence-corrected chi connectivity index (χ0v) is 11.9. The fourth-order valence-corrected chi connectivity index (χ4v) is 1.60. The van der Waals surface area contributed by atoms with Crippen LogP contribution in [-0.4, -0.2) is 26.7 Å². The molecule has 0 saturated carbocycles. The van der Waals surface area contributed by atoms with Crippen molar-refractivity contribution in [2.45, 2.75) is 26.3 Å². The van der Waals surface area contributed by atoms with Gasteiger partial charge in [0, 0.05) is 18.2 Å². The molecule has 1 aromatic carbocycles. The van der Waals surface area contributed by atoms with Crippen LogP contribution in [0.5, 0.6) is 11.5 Å². The van der Waals surface area contributed by atoms with Gasteiger partial charge in [-0.1, -0.05) is 13.3 Å². The van der Waals surface area contributed by atoms with Crippen LogP contribution in [0, 0.1) is 0 Å². The summed E-state index contributed by atoms with van der Waals surface area (Å²) in [6.07, 6.45) is 2.22. The van der Waals surface area contributed by atoms with Crippen LogP contribution in [0.25, 0.3) is 0 Å². The summed E-state index contributed by atoms with van der Waals surface area (Å²) >= 11 is 0. The molecule has 0 fully saturated rings. The van der Waals surface area contributed by atoms with Crippen molar-refractivity contribution in [3.63, 3.8) is 0 Å². The van der Waals surface area contributed by atoms with Crippen molar-refractivity contribution in [2.75, 3.05) is 20.8 Å². The third-order valence-electron chi connectivity index (χ3n) is 2.75. The SMILES string of the molecule is CCCCNC(N)=NCc1ccc(OC)cc1OC. The van der Waals surface area contributed by atoms with Gasteiger partial charge in [0.15, 0.2) is 5.96 Å². The van der Waals surface area contributed by atoms with Crippen LogP contribution in [0.4, 0.5) is 0 Å². The molecule has 0 atom stereocenters. The van der Waals surface area contributed by atoms with Crippen LogP contribution in [0.1, 0.15) is 25.3 Å². The minimum absolute atomic E-state index is 0.464. The van der Waals surface area contributed by atoms with Crippen molar-refractivity contribution in [1.82, 2.24) is 5.32 Å². The summed E-state index contributed by atoms with van der Waals surface area (Å²) in [4.78, 5) is 4.29. The molecule has 0 heterocycles. The number of nitrogens with zero attached hydrogens (tertiary/aromatic N) is 1. The Hall–Kier alpha value is -1.91. The van der Waals surface area contributed by atoms with E-state index in [1.54, 1.807) is 14.2 Å². The molecule has 0 aromatic heterocycles. The molecule has 0 amide bonds. The van der Waals surface area contributed by atoms with Gasteiger partial charge < -0.3 is 20.5 Å². The lowest BCUT2D eigenvalue weighted by Gasteiger charge is -2.09. The highest BCUT2D eigenvalue weighted by molar-refractivity contribution is 5.77. The lowest BCUT2D eigenvalue weighted by atomic mass is 10.2. The molecule has 0 aliphatic carbocycles. The van der Waals surface area contributed by atoms with Crippen molar-refractivity contribution < 1.29 is 9.47 Å². The highest BCUT2D eigenvalue weighted by Crippen LogP contribution is 2.24.